The Morgan fingerprint density at radius 1 is 1.15 bits per heavy atom. The summed E-state index contributed by atoms with van der Waals surface area (Å²) in [6.07, 6.45) is 2.33. The number of nitrogens with one attached hydrogen (secondary N) is 1. The highest BCUT2D eigenvalue weighted by atomic mass is 32.2. The third-order valence-corrected chi connectivity index (χ3v) is 9.36. The smallest absolute Gasteiger partial charge is 0.407 e. The second kappa shape index (κ2) is 13.2. The molecule has 12 heteroatoms. The summed E-state index contributed by atoms with van der Waals surface area (Å²) in [5, 5.41) is 14.2. The van der Waals surface area contributed by atoms with Crippen LogP contribution in [0.1, 0.15) is 18.4 Å². The van der Waals surface area contributed by atoms with E-state index < -0.39 is 34.4 Å². The number of hydrogen-bond acceptors (Lipinski definition) is 9. The van der Waals surface area contributed by atoms with Crippen molar-refractivity contribution in [1.29, 1.82) is 0 Å². The minimum atomic E-state index is -4.10. The van der Waals surface area contributed by atoms with E-state index in [-0.39, 0.29) is 49.0 Å². The molecule has 41 heavy (non-hydrogen) atoms. The minimum absolute atomic E-state index is 0.0256. The molecule has 11 nitrogen and oxygen atoms in total. The van der Waals surface area contributed by atoms with Crippen LogP contribution in [0.25, 0.3) is 0 Å². The number of sulfonamides is 1. The van der Waals surface area contributed by atoms with E-state index in [4.69, 9.17) is 23.7 Å². The van der Waals surface area contributed by atoms with Gasteiger partial charge in [-0.1, -0.05) is 42.5 Å². The topological polar surface area (TPSA) is 133 Å². The maximum Gasteiger partial charge on any atom is 0.407 e. The van der Waals surface area contributed by atoms with Crippen LogP contribution >= 0.6 is 0 Å². The fourth-order valence-electron chi connectivity index (χ4n) is 5.26. The molecule has 2 aromatic carbocycles. The highest BCUT2D eigenvalue weighted by Crippen LogP contribution is 2.34. The van der Waals surface area contributed by atoms with E-state index in [1.54, 1.807) is 12.1 Å². The standard InChI is InChI=1S/C29H36N2O9S/c1-36-21-10-11-27-25(17-21)37-14-7-3-6-13-31(41(27,34)35)18-24(32)23(16-20-8-4-2-5-9-20)30-29(33)40-26-19-39-28-22(26)12-15-38-28/h2-6,8-11,17,22-24,26,28,32H,7,12-16,18-19H2,1H3,(H,30,33)/b6-3-/t22-,23-,24+,26-,28+/m0/s1. The SMILES string of the molecule is COc1ccc2c(c1)OCC/C=C\CN(C[C@@H](O)[C@H](Cc1ccccc1)NC(=O)O[C@H]1CO[C@H]3OCC[C@H]31)S2(=O)=O. The molecule has 0 bridgehead atoms. The van der Waals surface area contributed by atoms with Crippen LogP contribution in [0, 0.1) is 5.92 Å². The number of benzene rings is 2. The Labute approximate surface area is 240 Å². The number of methoxy groups -OCH3 is 1. The van der Waals surface area contributed by atoms with Crippen LogP contribution in [0.2, 0.25) is 0 Å². The third-order valence-electron chi connectivity index (χ3n) is 7.49. The van der Waals surface area contributed by atoms with Crippen molar-refractivity contribution in [3.63, 3.8) is 0 Å². The van der Waals surface area contributed by atoms with E-state index in [0.717, 1.165) is 12.0 Å². The fourth-order valence-corrected chi connectivity index (χ4v) is 6.78. The van der Waals surface area contributed by atoms with Crippen LogP contribution in [0.5, 0.6) is 11.5 Å². The Morgan fingerprint density at radius 3 is 2.78 bits per heavy atom. The number of β-amino-alcohol motifs (C(OH)–C–C–N with tert-alkyl or cyclic N) is 1. The van der Waals surface area contributed by atoms with Gasteiger partial charge in [-0.05, 0) is 37.0 Å². The summed E-state index contributed by atoms with van der Waals surface area (Å²) in [7, 11) is -2.61. The van der Waals surface area contributed by atoms with E-state index in [0.29, 0.717) is 25.4 Å². The zero-order valence-electron chi connectivity index (χ0n) is 22.9. The molecular weight excluding hydrogens is 552 g/mol. The molecule has 1 amide bonds. The molecule has 222 valence electrons. The first-order valence-electron chi connectivity index (χ1n) is 13.7. The summed E-state index contributed by atoms with van der Waals surface area (Å²) < 4.78 is 56.6. The number of rotatable bonds is 8. The second-order valence-electron chi connectivity index (χ2n) is 10.2. The number of carbonyl (C=O) groups excluding carboxylic acids is 1. The molecule has 2 fully saturated rings. The van der Waals surface area contributed by atoms with Gasteiger partial charge in [-0.3, -0.25) is 0 Å². The summed E-state index contributed by atoms with van der Waals surface area (Å²) in [5.41, 5.74) is 0.861. The summed E-state index contributed by atoms with van der Waals surface area (Å²) in [5.74, 6) is 0.603. The Hall–Kier alpha value is -3.16. The van der Waals surface area contributed by atoms with Gasteiger partial charge < -0.3 is 34.1 Å². The molecule has 2 N–H and O–H groups in total. The Kier molecular flexibility index (Phi) is 9.46. The second-order valence-corrected chi connectivity index (χ2v) is 12.1. The van der Waals surface area contributed by atoms with Crippen LogP contribution < -0.4 is 14.8 Å². The average molecular weight is 589 g/mol. The van der Waals surface area contributed by atoms with Crippen molar-refractivity contribution in [2.45, 2.75) is 48.7 Å². The van der Waals surface area contributed by atoms with Crippen LogP contribution in [0.3, 0.4) is 0 Å². The van der Waals surface area contributed by atoms with Crippen molar-refractivity contribution in [2.24, 2.45) is 5.92 Å². The third kappa shape index (κ3) is 7.02. The van der Waals surface area contributed by atoms with Crippen molar-refractivity contribution >= 4 is 16.1 Å². The monoisotopic (exact) mass is 588 g/mol. The van der Waals surface area contributed by atoms with Gasteiger partial charge in [0.15, 0.2) is 6.29 Å². The van der Waals surface area contributed by atoms with Gasteiger partial charge in [0.2, 0.25) is 10.0 Å². The first-order valence-corrected chi connectivity index (χ1v) is 15.2. The number of ether oxygens (including phenoxy) is 5. The van der Waals surface area contributed by atoms with Gasteiger partial charge in [-0.25, -0.2) is 13.2 Å². The highest BCUT2D eigenvalue weighted by Gasteiger charge is 2.44. The largest absolute Gasteiger partial charge is 0.497 e. The molecule has 2 aromatic rings. The highest BCUT2D eigenvalue weighted by molar-refractivity contribution is 7.89. The maximum absolute atomic E-state index is 13.8. The van der Waals surface area contributed by atoms with Crippen molar-refractivity contribution < 1.29 is 42.0 Å². The molecule has 0 unspecified atom stereocenters. The number of carbonyl (C=O) groups is 1. The molecule has 5 atom stereocenters. The number of nitrogens with zero attached hydrogens (tertiary/aromatic N) is 1. The molecule has 3 aliphatic rings. The van der Waals surface area contributed by atoms with E-state index in [9.17, 15) is 18.3 Å². The van der Waals surface area contributed by atoms with Gasteiger partial charge in [0.25, 0.3) is 0 Å². The van der Waals surface area contributed by atoms with E-state index in [1.165, 1.54) is 23.5 Å². The first kappa shape index (κ1) is 29.3. The van der Waals surface area contributed by atoms with Gasteiger partial charge in [0, 0.05) is 19.2 Å². The molecule has 0 saturated carbocycles. The number of hydrogen-bond donors (Lipinski definition) is 2. The van der Waals surface area contributed by atoms with Crippen LogP contribution in [-0.2, 0) is 30.7 Å². The van der Waals surface area contributed by atoms with Gasteiger partial charge in [0.1, 0.15) is 22.5 Å². The number of amides is 1. The molecule has 0 radical (unpaired) electrons. The van der Waals surface area contributed by atoms with E-state index in [2.05, 4.69) is 5.32 Å². The molecule has 5 rings (SSSR count). The lowest BCUT2D eigenvalue weighted by Crippen LogP contribution is -2.51. The lowest BCUT2D eigenvalue weighted by atomic mass is 10.0. The molecule has 0 spiro atoms. The Morgan fingerprint density at radius 2 is 1.98 bits per heavy atom. The van der Waals surface area contributed by atoms with Crippen molar-refractivity contribution in [2.75, 3.05) is 40.0 Å². The van der Waals surface area contributed by atoms with Crippen LogP contribution in [0.4, 0.5) is 4.79 Å². The summed E-state index contributed by atoms with van der Waals surface area (Å²) in [6.45, 7) is 0.849. The lowest BCUT2D eigenvalue weighted by molar-refractivity contribution is -0.0907. The number of fused-ring (bicyclic) bond motifs is 2. The lowest BCUT2D eigenvalue weighted by Gasteiger charge is -2.30. The Balaban J connectivity index is 1.35. The average Bonchev–Trinajstić information content (AvgIpc) is 3.59. The fraction of sp³-hybridized carbons (Fsp3) is 0.483. The maximum atomic E-state index is 13.8. The van der Waals surface area contributed by atoms with Gasteiger partial charge in [0.05, 0.1) is 45.0 Å². The number of aliphatic hydroxyl groups is 1. The zero-order chi connectivity index (χ0) is 28.8. The molecule has 3 heterocycles. The van der Waals surface area contributed by atoms with Crippen molar-refractivity contribution in [3.05, 3.63) is 66.2 Å². The normalized spacial score (nSPS) is 26.0. The number of alkyl carbamates (subject to hydrolysis) is 1. The zero-order valence-corrected chi connectivity index (χ0v) is 23.7. The predicted octanol–water partition coefficient (Wildman–Crippen LogP) is 2.48. The summed E-state index contributed by atoms with van der Waals surface area (Å²) in [4.78, 5) is 13.0. The van der Waals surface area contributed by atoms with Gasteiger partial charge >= 0.3 is 6.09 Å². The number of aliphatic hydroxyl groups excluding tert-OH is 1. The first-order chi connectivity index (χ1) is 19.8. The van der Waals surface area contributed by atoms with Crippen molar-refractivity contribution in [1.82, 2.24) is 9.62 Å². The minimum Gasteiger partial charge on any atom is -0.497 e. The van der Waals surface area contributed by atoms with E-state index in [1.807, 2.05) is 36.4 Å². The molecule has 2 saturated heterocycles. The quantitative estimate of drug-likeness (QED) is 0.446. The van der Waals surface area contributed by atoms with Crippen LogP contribution in [0.15, 0.2) is 65.6 Å². The van der Waals surface area contributed by atoms with Crippen molar-refractivity contribution in [3.8, 4) is 11.5 Å². The Bertz CT molecular complexity index is 1320. The summed E-state index contributed by atoms with van der Waals surface area (Å²) in [6, 6.07) is 13.0. The summed E-state index contributed by atoms with van der Waals surface area (Å²) >= 11 is 0. The van der Waals surface area contributed by atoms with Gasteiger partial charge in [-0.2, -0.15) is 4.31 Å². The molecule has 3 aliphatic heterocycles. The van der Waals surface area contributed by atoms with Crippen LogP contribution in [-0.4, -0.2) is 88.5 Å². The predicted molar refractivity (Wildman–Crippen MR) is 148 cm³/mol. The van der Waals surface area contributed by atoms with E-state index >= 15 is 0 Å². The molecular formula is C29H36N2O9S. The molecule has 0 aromatic heterocycles. The van der Waals surface area contributed by atoms with Gasteiger partial charge in [-0.15, -0.1) is 0 Å². The molecule has 0 aliphatic carbocycles.